The zero-order valence-electron chi connectivity index (χ0n) is 11.4. The summed E-state index contributed by atoms with van der Waals surface area (Å²) < 4.78 is 27.8. The van der Waals surface area contributed by atoms with Gasteiger partial charge in [0, 0.05) is 11.9 Å². The van der Waals surface area contributed by atoms with Crippen molar-refractivity contribution in [3.05, 3.63) is 29.8 Å². The van der Waals surface area contributed by atoms with Crippen LogP contribution in [0.25, 0.3) is 0 Å². The fourth-order valence-electron chi connectivity index (χ4n) is 2.68. The summed E-state index contributed by atoms with van der Waals surface area (Å²) >= 11 is 5.69. The summed E-state index contributed by atoms with van der Waals surface area (Å²) in [5, 5.41) is 0. The van der Waals surface area contributed by atoms with Crippen LogP contribution in [0.3, 0.4) is 0 Å². The van der Waals surface area contributed by atoms with E-state index in [9.17, 15) is 8.42 Å². The highest BCUT2D eigenvalue weighted by Crippen LogP contribution is 2.45. The molecule has 0 heterocycles. The van der Waals surface area contributed by atoms with Gasteiger partial charge in [-0.3, -0.25) is 0 Å². The Balaban J connectivity index is 1.73. The van der Waals surface area contributed by atoms with Gasteiger partial charge < -0.3 is 0 Å². The van der Waals surface area contributed by atoms with E-state index >= 15 is 0 Å². The van der Waals surface area contributed by atoms with Crippen molar-refractivity contribution in [2.75, 3.05) is 5.88 Å². The van der Waals surface area contributed by atoms with Crippen LogP contribution in [-0.4, -0.2) is 20.3 Å². The third kappa shape index (κ3) is 3.35. The van der Waals surface area contributed by atoms with Crippen LogP contribution in [0.2, 0.25) is 0 Å². The zero-order chi connectivity index (χ0) is 14.2. The highest BCUT2D eigenvalue weighted by atomic mass is 35.5. The van der Waals surface area contributed by atoms with E-state index < -0.39 is 10.0 Å². The molecule has 0 amide bonds. The average Bonchev–Trinajstić information content (AvgIpc) is 3.29. The minimum Gasteiger partial charge on any atom is -0.208 e. The molecule has 2 saturated carbocycles. The Hall–Kier alpha value is -0.580. The molecule has 110 valence electrons. The Morgan fingerprint density at radius 1 is 1.10 bits per heavy atom. The van der Waals surface area contributed by atoms with Gasteiger partial charge >= 0.3 is 0 Å². The summed E-state index contributed by atoms with van der Waals surface area (Å²) in [6.07, 6.45) is 5.43. The minimum absolute atomic E-state index is 0.155. The summed E-state index contributed by atoms with van der Waals surface area (Å²) in [5.74, 6) is 1.68. The van der Waals surface area contributed by atoms with Gasteiger partial charge in [-0.2, -0.15) is 0 Å². The van der Waals surface area contributed by atoms with Gasteiger partial charge in [-0.1, -0.05) is 12.1 Å². The van der Waals surface area contributed by atoms with E-state index in [4.69, 9.17) is 11.6 Å². The largest absolute Gasteiger partial charge is 0.240 e. The molecule has 0 unspecified atom stereocenters. The number of benzene rings is 1. The second-order valence-corrected chi connectivity index (χ2v) is 8.00. The Morgan fingerprint density at radius 3 is 2.10 bits per heavy atom. The van der Waals surface area contributed by atoms with E-state index in [1.54, 1.807) is 12.1 Å². The number of hydrogen-bond donors (Lipinski definition) is 1. The number of nitrogens with one attached hydrogen (secondary N) is 1. The number of alkyl halides is 1. The maximum absolute atomic E-state index is 12.4. The summed E-state index contributed by atoms with van der Waals surface area (Å²) in [6, 6.07) is 7.21. The van der Waals surface area contributed by atoms with Gasteiger partial charge in [-0.25, -0.2) is 13.1 Å². The molecular formula is C15H20ClNO2S. The van der Waals surface area contributed by atoms with E-state index in [1.807, 2.05) is 12.1 Å². The standard InChI is InChI=1S/C15H20ClNO2S/c16-10-9-11-1-7-14(8-2-11)20(18,19)17-15(12-3-4-12)13-5-6-13/h1-2,7-8,12-13,15,17H,3-6,9-10H2. The lowest BCUT2D eigenvalue weighted by Gasteiger charge is -2.17. The third-order valence-electron chi connectivity index (χ3n) is 4.17. The Kier molecular flexibility index (Phi) is 4.07. The fraction of sp³-hybridized carbons (Fsp3) is 0.600. The van der Waals surface area contributed by atoms with Crippen LogP contribution in [0, 0.1) is 11.8 Å². The number of aryl methyl sites for hydroxylation is 1. The van der Waals surface area contributed by atoms with Gasteiger partial charge in [-0.05, 0) is 61.6 Å². The van der Waals surface area contributed by atoms with Crippen LogP contribution in [0.1, 0.15) is 31.2 Å². The SMILES string of the molecule is O=S(=O)(NC(C1CC1)C1CC1)c1ccc(CCCl)cc1. The molecule has 0 saturated heterocycles. The van der Waals surface area contributed by atoms with Crippen molar-refractivity contribution in [3.8, 4) is 0 Å². The molecule has 0 atom stereocenters. The molecular weight excluding hydrogens is 294 g/mol. The first-order chi connectivity index (χ1) is 9.60. The minimum atomic E-state index is -3.38. The number of rotatable bonds is 7. The second-order valence-electron chi connectivity index (χ2n) is 5.90. The topological polar surface area (TPSA) is 46.2 Å². The lowest BCUT2D eigenvalue weighted by molar-refractivity contribution is 0.471. The molecule has 3 rings (SSSR count). The van der Waals surface area contributed by atoms with E-state index in [1.165, 1.54) is 25.7 Å². The summed E-state index contributed by atoms with van der Waals surface area (Å²) in [7, 11) is -3.38. The molecule has 0 aromatic heterocycles. The second kappa shape index (κ2) is 5.66. The molecule has 20 heavy (non-hydrogen) atoms. The maximum atomic E-state index is 12.4. The molecule has 2 aliphatic rings. The van der Waals surface area contributed by atoms with Crippen molar-refractivity contribution in [2.45, 2.75) is 43.0 Å². The number of sulfonamides is 1. The van der Waals surface area contributed by atoms with Gasteiger partial charge in [0.2, 0.25) is 10.0 Å². The van der Waals surface area contributed by atoms with Crippen molar-refractivity contribution in [1.82, 2.24) is 4.72 Å². The maximum Gasteiger partial charge on any atom is 0.240 e. The summed E-state index contributed by atoms with van der Waals surface area (Å²) in [6.45, 7) is 0. The Morgan fingerprint density at radius 2 is 1.65 bits per heavy atom. The van der Waals surface area contributed by atoms with Gasteiger partial charge in [0.15, 0.2) is 0 Å². The molecule has 0 bridgehead atoms. The van der Waals surface area contributed by atoms with E-state index in [2.05, 4.69) is 4.72 Å². The van der Waals surface area contributed by atoms with Crippen LogP contribution in [0.4, 0.5) is 0 Å². The van der Waals surface area contributed by atoms with Crippen LogP contribution >= 0.6 is 11.6 Å². The van der Waals surface area contributed by atoms with Gasteiger partial charge in [0.05, 0.1) is 4.90 Å². The molecule has 1 aromatic carbocycles. The van der Waals surface area contributed by atoms with E-state index in [-0.39, 0.29) is 6.04 Å². The Bertz CT molecular complexity index is 550. The molecule has 0 aliphatic heterocycles. The molecule has 0 radical (unpaired) electrons. The molecule has 3 nitrogen and oxygen atoms in total. The fourth-order valence-corrected chi connectivity index (χ4v) is 4.27. The predicted molar refractivity (Wildman–Crippen MR) is 80.4 cm³/mol. The highest BCUT2D eigenvalue weighted by Gasteiger charge is 2.43. The predicted octanol–water partition coefficient (Wildman–Crippen LogP) is 2.93. The Labute approximate surface area is 125 Å². The third-order valence-corrected chi connectivity index (χ3v) is 5.83. The molecule has 2 fully saturated rings. The van der Waals surface area contributed by atoms with E-state index in [0.29, 0.717) is 22.6 Å². The first kappa shape index (κ1) is 14.4. The normalized spacial score (nSPS) is 19.5. The molecule has 2 aliphatic carbocycles. The van der Waals surface area contributed by atoms with Gasteiger partial charge in [0.25, 0.3) is 0 Å². The molecule has 5 heteroatoms. The van der Waals surface area contributed by atoms with E-state index in [0.717, 1.165) is 12.0 Å². The molecule has 1 N–H and O–H groups in total. The van der Waals surface area contributed by atoms with Crippen molar-refractivity contribution >= 4 is 21.6 Å². The van der Waals surface area contributed by atoms with Crippen molar-refractivity contribution in [2.24, 2.45) is 11.8 Å². The average molecular weight is 314 g/mol. The quantitative estimate of drug-likeness (QED) is 0.787. The van der Waals surface area contributed by atoms with Crippen molar-refractivity contribution in [3.63, 3.8) is 0 Å². The van der Waals surface area contributed by atoms with Crippen molar-refractivity contribution < 1.29 is 8.42 Å². The van der Waals surface area contributed by atoms with Gasteiger partial charge in [-0.15, -0.1) is 11.6 Å². The van der Waals surface area contributed by atoms with Crippen LogP contribution in [-0.2, 0) is 16.4 Å². The lowest BCUT2D eigenvalue weighted by Crippen LogP contribution is -2.38. The number of hydrogen-bond acceptors (Lipinski definition) is 2. The number of halogens is 1. The first-order valence-corrected chi connectivity index (χ1v) is 9.29. The smallest absolute Gasteiger partial charge is 0.208 e. The van der Waals surface area contributed by atoms with Gasteiger partial charge in [0.1, 0.15) is 0 Å². The monoisotopic (exact) mass is 313 g/mol. The summed E-state index contributed by atoms with van der Waals surface area (Å²) in [4.78, 5) is 0.363. The molecule has 1 aromatic rings. The van der Waals surface area contributed by atoms with Crippen LogP contribution < -0.4 is 4.72 Å². The lowest BCUT2D eigenvalue weighted by atomic mass is 10.1. The van der Waals surface area contributed by atoms with Crippen molar-refractivity contribution in [1.29, 1.82) is 0 Å². The first-order valence-electron chi connectivity index (χ1n) is 7.27. The highest BCUT2D eigenvalue weighted by molar-refractivity contribution is 7.89. The van der Waals surface area contributed by atoms with Crippen LogP contribution in [0.5, 0.6) is 0 Å². The zero-order valence-corrected chi connectivity index (χ0v) is 13.0. The summed E-state index contributed by atoms with van der Waals surface area (Å²) in [5.41, 5.74) is 1.07. The molecule has 0 spiro atoms. The van der Waals surface area contributed by atoms with Crippen LogP contribution in [0.15, 0.2) is 29.2 Å².